The van der Waals surface area contributed by atoms with Gasteiger partial charge in [-0.25, -0.2) is 4.68 Å². The number of carbonyl (C=O) groups excluding carboxylic acids is 1. The van der Waals surface area contributed by atoms with Crippen LogP contribution in [0.25, 0.3) is 10.7 Å². The largest absolute Gasteiger partial charge is 0.342 e. The van der Waals surface area contributed by atoms with E-state index in [-0.39, 0.29) is 5.92 Å². The van der Waals surface area contributed by atoms with Crippen molar-refractivity contribution in [1.82, 2.24) is 24.1 Å². The minimum atomic E-state index is 0.187. The molecule has 4 rings (SSSR count). The van der Waals surface area contributed by atoms with Gasteiger partial charge in [0.05, 0.1) is 11.5 Å². The number of thiophene rings is 1. The normalized spacial score (nSPS) is 19.4. The Hall–Kier alpha value is -1.51. The van der Waals surface area contributed by atoms with Crippen molar-refractivity contribution >= 4 is 29.5 Å². The van der Waals surface area contributed by atoms with E-state index in [1.54, 1.807) is 11.3 Å². The average molecular weight is 434 g/mol. The van der Waals surface area contributed by atoms with Gasteiger partial charge in [0.25, 0.3) is 0 Å². The summed E-state index contributed by atoms with van der Waals surface area (Å²) >= 11 is 7.39. The molecule has 0 N–H and O–H groups in total. The van der Waals surface area contributed by atoms with Crippen LogP contribution in [0.15, 0.2) is 17.5 Å². The van der Waals surface area contributed by atoms with Gasteiger partial charge in [-0.2, -0.15) is 0 Å². The smallest absolute Gasteiger partial charge is 0.225 e. The highest BCUT2D eigenvalue weighted by atomic mass is 32.1. The summed E-state index contributed by atoms with van der Waals surface area (Å²) in [6.45, 7) is 7.40. The maximum absolute atomic E-state index is 12.9. The Balaban J connectivity index is 1.37. The van der Waals surface area contributed by atoms with E-state index >= 15 is 0 Å². The van der Waals surface area contributed by atoms with Gasteiger partial charge in [-0.05, 0) is 56.3 Å². The van der Waals surface area contributed by atoms with Gasteiger partial charge in [0.15, 0.2) is 10.6 Å². The molecule has 0 saturated carbocycles. The number of nitrogens with zero attached hydrogens (tertiary/aromatic N) is 5. The highest BCUT2D eigenvalue weighted by Gasteiger charge is 2.29. The minimum absolute atomic E-state index is 0.187. The maximum Gasteiger partial charge on any atom is 0.225 e. The molecule has 0 atom stereocenters. The lowest BCUT2D eigenvalue weighted by Gasteiger charge is -2.33. The Morgan fingerprint density at radius 1 is 1.17 bits per heavy atom. The Bertz CT molecular complexity index is 856. The van der Waals surface area contributed by atoms with Gasteiger partial charge in [-0.3, -0.25) is 14.3 Å². The molecule has 29 heavy (non-hydrogen) atoms. The van der Waals surface area contributed by atoms with Gasteiger partial charge in [0.2, 0.25) is 5.91 Å². The van der Waals surface area contributed by atoms with Crippen molar-refractivity contribution in [2.45, 2.75) is 58.7 Å². The van der Waals surface area contributed by atoms with E-state index < -0.39 is 0 Å². The Labute approximate surface area is 182 Å². The molecule has 0 unspecified atom stereocenters. The third-order valence-electron chi connectivity index (χ3n) is 6.17. The number of rotatable bonds is 5. The van der Waals surface area contributed by atoms with E-state index in [1.807, 2.05) is 10.7 Å². The van der Waals surface area contributed by atoms with Gasteiger partial charge in [0, 0.05) is 38.6 Å². The van der Waals surface area contributed by atoms with Crippen molar-refractivity contribution in [2.75, 3.05) is 26.2 Å². The number of piperidine rings is 1. The number of hydrogen-bond donors (Lipinski definition) is 0. The third-order valence-corrected chi connectivity index (χ3v) is 7.47. The summed E-state index contributed by atoms with van der Waals surface area (Å²) < 4.78 is 4.83. The van der Waals surface area contributed by atoms with Crippen LogP contribution in [-0.2, 0) is 18.0 Å². The lowest BCUT2D eigenvalue weighted by Crippen LogP contribution is -2.43. The molecule has 0 spiro atoms. The summed E-state index contributed by atoms with van der Waals surface area (Å²) in [6.07, 6.45) is 6.73. The van der Waals surface area contributed by atoms with Crippen molar-refractivity contribution in [3.63, 3.8) is 0 Å². The molecule has 2 aliphatic rings. The van der Waals surface area contributed by atoms with Gasteiger partial charge in [-0.15, -0.1) is 16.4 Å². The lowest BCUT2D eigenvalue weighted by atomic mass is 9.95. The molecular weight excluding hydrogens is 402 g/mol. The van der Waals surface area contributed by atoms with Crippen LogP contribution in [-0.4, -0.2) is 56.2 Å². The second kappa shape index (κ2) is 9.53. The van der Waals surface area contributed by atoms with Gasteiger partial charge < -0.3 is 4.90 Å². The number of aromatic nitrogens is 3. The molecule has 2 aromatic heterocycles. The number of hydrogen-bond acceptors (Lipinski definition) is 5. The summed E-state index contributed by atoms with van der Waals surface area (Å²) in [5, 5.41) is 6.90. The molecule has 4 heterocycles. The number of carbonyl (C=O) groups is 1. The summed E-state index contributed by atoms with van der Waals surface area (Å²) in [5.74, 6) is 1.53. The monoisotopic (exact) mass is 433 g/mol. The fourth-order valence-electron chi connectivity index (χ4n) is 4.47. The average Bonchev–Trinajstić information content (AvgIpc) is 3.28. The predicted octanol–water partition coefficient (Wildman–Crippen LogP) is 4.23. The molecule has 0 aliphatic carbocycles. The second-order valence-corrected chi connectivity index (χ2v) is 9.41. The molecule has 158 valence electrons. The zero-order chi connectivity index (χ0) is 20.2. The van der Waals surface area contributed by atoms with Crippen molar-refractivity contribution in [1.29, 1.82) is 0 Å². The highest BCUT2D eigenvalue weighted by molar-refractivity contribution is 7.71. The van der Waals surface area contributed by atoms with Crippen LogP contribution in [0.2, 0.25) is 0 Å². The summed E-state index contributed by atoms with van der Waals surface area (Å²) in [4.78, 5) is 18.6. The van der Waals surface area contributed by atoms with Crippen LogP contribution in [0.4, 0.5) is 0 Å². The first-order valence-electron chi connectivity index (χ1n) is 10.9. The molecular formula is C21H31N5OS2. The van der Waals surface area contributed by atoms with Crippen molar-refractivity contribution < 1.29 is 4.79 Å². The molecule has 2 aromatic rings. The Morgan fingerprint density at radius 3 is 2.52 bits per heavy atom. The molecule has 8 heteroatoms. The predicted molar refractivity (Wildman–Crippen MR) is 119 cm³/mol. The zero-order valence-corrected chi connectivity index (χ0v) is 18.9. The highest BCUT2D eigenvalue weighted by Crippen LogP contribution is 2.25. The molecule has 2 saturated heterocycles. The van der Waals surface area contributed by atoms with Crippen LogP contribution in [0.3, 0.4) is 0 Å². The zero-order valence-electron chi connectivity index (χ0n) is 17.3. The van der Waals surface area contributed by atoms with Crippen molar-refractivity contribution in [3.05, 3.63) is 22.3 Å². The summed E-state index contributed by atoms with van der Waals surface area (Å²) in [5.41, 5.74) is 0. The van der Waals surface area contributed by atoms with Gasteiger partial charge in [0.1, 0.15) is 0 Å². The van der Waals surface area contributed by atoms with E-state index in [9.17, 15) is 4.79 Å². The number of likely N-dealkylation sites (tertiary alicyclic amines) is 2. The van der Waals surface area contributed by atoms with Crippen LogP contribution in [0.1, 0.15) is 45.4 Å². The second-order valence-electron chi connectivity index (χ2n) is 8.10. The lowest BCUT2D eigenvalue weighted by molar-refractivity contribution is -0.137. The first-order chi connectivity index (χ1) is 14.2. The standard InChI is InChI=1S/C21H31N5OS2/c1-2-25-19(18-8-7-15-29-18)22-26(21(25)28)16-23-13-9-17(10-14-23)20(27)24-11-5-3-4-6-12-24/h7-8,15,17H,2-6,9-14,16H2,1H3. The minimum Gasteiger partial charge on any atom is -0.342 e. The maximum atomic E-state index is 12.9. The third kappa shape index (κ3) is 4.64. The van der Waals surface area contributed by atoms with E-state index in [1.165, 1.54) is 12.8 Å². The first-order valence-corrected chi connectivity index (χ1v) is 12.2. The fraction of sp³-hybridized carbons (Fsp3) is 0.667. The first kappa shape index (κ1) is 20.8. The van der Waals surface area contributed by atoms with Gasteiger partial charge >= 0.3 is 0 Å². The van der Waals surface area contributed by atoms with Crippen molar-refractivity contribution in [2.24, 2.45) is 5.92 Å². The SMILES string of the molecule is CCn1c(-c2cccs2)nn(CN2CCC(C(=O)N3CCCCCC3)CC2)c1=S. The fourth-order valence-corrected chi connectivity index (χ4v) is 5.50. The van der Waals surface area contributed by atoms with E-state index in [4.69, 9.17) is 17.3 Å². The Kier molecular flexibility index (Phi) is 6.82. The summed E-state index contributed by atoms with van der Waals surface area (Å²) in [7, 11) is 0. The molecule has 0 radical (unpaired) electrons. The molecule has 0 aromatic carbocycles. The van der Waals surface area contributed by atoms with Crippen LogP contribution >= 0.6 is 23.6 Å². The molecule has 0 bridgehead atoms. The molecule has 6 nitrogen and oxygen atoms in total. The molecule has 2 fully saturated rings. The van der Waals surface area contributed by atoms with E-state index in [2.05, 4.69) is 32.7 Å². The van der Waals surface area contributed by atoms with Crippen LogP contribution in [0.5, 0.6) is 0 Å². The molecule has 1 amide bonds. The van der Waals surface area contributed by atoms with E-state index in [0.717, 1.165) is 73.9 Å². The van der Waals surface area contributed by atoms with Crippen molar-refractivity contribution in [3.8, 4) is 10.7 Å². The number of amides is 1. The quantitative estimate of drug-likeness (QED) is 0.662. The van der Waals surface area contributed by atoms with Crippen LogP contribution in [0, 0.1) is 10.7 Å². The van der Waals surface area contributed by atoms with E-state index in [0.29, 0.717) is 12.6 Å². The van der Waals surface area contributed by atoms with Gasteiger partial charge in [-0.1, -0.05) is 18.9 Å². The topological polar surface area (TPSA) is 46.3 Å². The summed E-state index contributed by atoms with van der Waals surface area (Å²) in [6, 6.07) is 4.15. The van der Waals surface area contributed by atoms with Crippen LogP contribution < -0.4 is 0 Å². The Morgan fingerprint density at radius 2 is 1.90 bits per heavy atom. The molecule has 2 aliphatic heterocycles.